The highest BCUT2D eigenvalue weighted by Crippen LogP contribution is 2.20. The highest BCUT2D eigenvalue weighted by Gasteiger charge is 2.27. The zero-order valence-corrected chi connectivity index (χ0v) is 10.7. The minimum Gasteiger partial charge on any atom is -0.381 e. The SMILES string of the molecule is CNC1CCOCC1CN1CCC(C)CC1. The maximum absolute atomic E-state index is 5.61. The van der Waals surface area contributed by atoms with Gasteiger partial charge in [-0.25, -0.2) is 0 Å². The van der Waals surface area contributed by atoms with Crippen LogP contribution in [0.2, 0.25) is 0 Å². The standard InChI is InChI=1S/C13H26N2O/c1-11-3-6-15(7-4-11)9-12-10-16-8-5-13(12)14-2/h11-14H,3-10H2,1-2H3. The number of rotatable bonds is 3. The zero-order valence-electron chi connectivity index (χ0n) is 10.7. The van der Waals surface area contributed by atoms with E-state index in [0.29, 0.717) is 12.0 Å². The van der Waals surface area contributed by atoms with Crippen LogP contribution in [0.25, 0.3) is 0 Å². The van der Waals surface area contributed by atoms with Crippen LogP contribution in [0.1, 0.15) is 26.2 Å². The van der Waals surface area contributed by atoms with E-state index in [4.69, 9.17) is 4.74 Å². The largest absolute Gasteiger partial charge is 0.381 e. The summed E-state index contributed by atoms with van der Waals surface area (Å²) < 4.78 is 5.61. The van der Waals surface area contributed by atoms with E-state index < -0.39 is 0 Å². The third-order valence-corrected chi connectivity index (χ3v) is 4.21. The molecule has 2 saturated heterocycles. The van der Waals surface area contributed by atoms with Crippen LogP contribution in [0.4, 0.5) is 0 Å². The van der Waals surface area contributed by atoms with E-state index in [0.717, 1.165) is 19.1 Å². The second-order valence-corrected chi connectivity index (χ2v) is 5.50. The number of hydrogen-bond acceptors (Lipinski definition) is 3. The monoisotopic (exact) mass is 226 g/mol. The molecule has 0 amide bonds. The Morgan fingerprint density at radius 1 is 1.25 bits per heavy atom. The van der Waals surface area contributed by atoms with Gasteiger partial charge in [0.15, 0.2) is 0 Å². The van der Waals surface area contributed by atoms with Gasteiger partial charge in [-0.2, -0.15) is 0 Å². The minimum absolute atomic E-state index is 0.660. The van der Waals surface area contributed by atoms with Gasteiger partial charge in [0.1, 0.15) is 0 Å². The van der Waals surface area contributed by atoms with Crippen LogP contribution in [-0.4, -0.2) is 50.8 Å². The molecule has 1 N–H and O–H groups in total. The normalized spacial score (nSPS) is 34.1. The van der Waals surface area contributed by atoms with Crippen molar-refractivity contribution in [3.05, 3.63) is 0 Å². The Bertz CT molecular complexity index is 202. The summed E-state index contributed by atoms with van der Waals surface area (Å²) in [5.74, 6) is 1.62. The summed E-state index contributed by atoms with van der Waals surface area (Å²) in [6.07, 6.45) is 3.92. The lowest BCUT2D eigenvalue weighted by atomic mass is 9.93. The van der Waals surface area contributed by atoms with Gasteiger partial charge in [0.25, 0.3) is 0 Å². The Hall–Kier alpha value is -0.120. The van der Waals surface area contributed by atoms with Crippen molar-refractivity contribution in [2.75, 3.05) is 39.9 Å². The van der Waals surface area contributed by atoms with Crippen LogP contribution < -0.4 is 5.32 Å². The van der Waals surface area contributed by atoms with Crippen molar-refractivity contribution in [2.45, 2.75) is 32.2 Å². The van der Waals surface area contributed by atoms with E-state index in [9.17, 15) is 0 Å². The second kappa shape index (κ2) is 5.99. The molecule has 0 aromatic heterocycles. The third-order valence-electron chi connectivity index (χ3n) is 4.21. The highest BCUT2D eigenvalue weighted by atomic mass is 16.5. The molecule has 2 atom stereocenters. The van der Waals surface area contributed by atoms with Crippen molar-refractivity contribution in [3.63, 3.8) is 0 Å². The molecule has 3 nitrogen and oxygen atoms in total. The Kier molecular flexibility index (Phi) is 4.62. The quantitative estimate of drug-likeness (QED) is 0.786. The first-order valence-corrected chi connectivity index (χ1v) is 6.77. The highest BCUT2D eigenvalue weighted by molar-refractivity contribution is 4.82. The van der Waals surface area contributed by atoms with Gasteiger partial charge < -0.3 is 15.0 Å². The number of ether oxygens (including phenoxy) is 1. The van der Waals surface area contributed by atoms with Gasteiger partial charge in [-0.1, -0.05) is 6.92 Å². The Labute approximate surface area is 99.5 Å². The fraction of sp³-hybridized carbons (Fsp3) is 1.00. The molecule has 0 aliphatic carbocycles. The predicted molar refractivity (Wildman–Crippen MR) is 66.6 cm³/mol. The first-order chi connectivity index (χ1) is 7.79. The second-order valence-electron chi connectivity index (χ2n) is 5.50. The van der Waals surface area contributed by atoms with Gasteiger partial charge in [-0.15, -0.1) is 0 Å². The molecule has 2 heterocycles. The molecule has 0 aromatic carbocycles. The van der Waals surface area contributed by atoms with Crippen molar-refractivity contribution in [2.24, 2.45) is 11.8 Å². The van der Waals surface area contributed by atoms with Crippen LogP contribution in [0.3, 0.4) is 0 Å². The molecule has 0 aromatic rings. The van der Waals surface area contributed by atoms with Gasteiger partial charge in [-0.05, 0) is 45.3 Å². The number of hydrogen-bond donors (Lipinski definition) is 1. The molecular formula is C13H26N2O. The van der Waals surface area contributed by atoms with Crippen LogP contribution >= 0.6 is 0 Å². The zero-order chi connectivity index (χ0) is 11.4. The van der Waals surface area contributed by atoms with Gasteiger partial charge in [0, 0.05) is 25.1 Å². The molecule has 2 fully saturated rings. The Morgan fingerprint density at radius 2 is 2.00 bits per heavy atom. The molecule has 2 rings (SSSR count). The van der Waals surface area contributed by atoms with Gasteiger partial charge in [-0.3, -0.25) is 0 Å². The molecular weight excluding hydrogens is 200 g/mol. The van der Waals surface area contributed by atoms with Crippen LogP contribution in [0.15, 0.2) is 0 Å². The van der Waals surface area contributed by atoms with E-state index in [-0.39, 0.29) is 0 Å². The number of piperidine rings is 1. The van der Waals surface area contributed by atoms with Crippen LogP contribution in [-0.2, 0) is 4.74 Å². The lowest BCUT2D eigenvalue weighted by Crippen LogP contribution is -2.48. The maximum atomic E-state index is 5.61. The Balaban J connectivity index is 1.78. The fourth-order valence-corrected chi connectivity index (χ4v) is 2.93. The summed E-state index contributed by atoms with van der Waals surface area (Å²) in [4.78, 5) is 2.63. The molecule has 0 spiro atoms. The average molecular weight is 226 g/mol. The molecule has 0 bridgehead atoms. The molecule has 3 heteroatoms. The predicted octanol–water partition coefficient (Wildman–Crippen LogP) is 1.34. The summed E-state index contributed by atoms with van der Waals surface area (Å²) in [6, 6.07) is 0.660. The summed E-state index contributed by atoms with van der Waals surface area (Å²) in [5, 5.41) is 3.45. The number of likely N-dealkylation sites (tertiary alicyclic amines) is 1. The molecule has 2 aliphatic heterocycles. The van der Waals surface area contributed by atoms with Crippen molar-refractivity contribution < 1.29 is 4.74 Å². The van der Waals surface area contributed by atoms with Crippen LogP contribution in [0.5, 0.6) is 0 Å². The Morgan fingerprint density at radius 3 is 2.69 bits per heavy atom. The van der Waals surface area contributed by atoms with Crippen LogP contribution in [0, 0.1) is 11.8 Å². The fourth-order valence-electron chi connectivity index (χ4n) is 2.93. The smallest absolute Gasteiger partial charge is 0.0521 e. The molecule has 94 valence electrons. The van der Waals surface area contributed by atoms with E-state index in [2.05, 4.69) is 24.2 Å². The molecule has 16 heavy (non-hydrogen) atoms. The van der Waals surface area contributed by atoms with E-state index in [1.54, 1.807) is 0 Å². The summed E-state index contributed by atoms with van der Waals surface area (Å²) in [7, 11) is 2.08. The van der Waals surface area contributed by atoms with Gasteiger partial charge in [0.2, 0.25) is 0 Å². The minimum atomic E-state index is 0.660. The van der Waals surface area contributed by atoms with E-state index >= 15 is 0 Å². The van der Waals surface area contributed by atoms with E-state index in [1.807, 2.05) is 0 Å². The lowest BCUT2D eigenvalue weighted by molar-refractivity contribution is 0.0140. The molecule has 2 unspecified atom stereocenters. The molecule has 0 saturated carbocycles. The molecule has 2 aliphatic rings. The summed E-state index contributed by atoms with van der Waals surface area (Å²) in [5.41, 5.74) is 0. The van der Waals surface area contributed by atoms with E-state index in [1.165, 1.54) is 38.9 Å². The van der Waals surface area contributed by atoms with Crippen molar-refractivity contribution in [1.82, 2.24) is 10.2 Å². The van der Waals surface area contributed by atoms with Crippen molar-refractivity contribution in [3.8, 4) is 0 Å². The van der Waals surface area contributed by atoms with Crippen molar-refractivity contribution in [1.29, 1.82) is 0 Å². The number of nitrogens with one attached hydrogen (secondary N) is 1. The lowest BCUT2D eigenvalue weighted by Gasteiger charge is -2.37. The van der Waals surface area contributed by atoms with Gasteiger partial charge in [0.05, 0.1) is 6.61 Å². The van der Waals surface area contributed by atoms with Crippen molar-refractivity contribution >= 4 is 0 Å². The summed E-state index contributed by atoms with van der Waals surface area (Å²) in [6.45, 7) is 8.04. The average Bonchev–Trinajstić information content (AvgIpc) is 2.33. The third kappa shape index (κ3) is 3.19. The maximum Gasteiger partial charge on any atom is 0.0521 e. The first-order valence-electron chi connectivity index (χ1n) is 6.77. The number of nitrogens with zero attached hydrogens (tertiary/aromatic N) is 1. The molecule has 0 radical (unpaired) electrons. The summed E-state index contributed by atoms with van der Waals surface area (Å²) >= 11 is 0. The van der Waals surface area contributed by atoms with Gasteiger partial charge >= 0.3 is 0 Å². The topological polar surface area (TPSA) is 24.5 Å². The first kappa shape index (κ1) is 12.3.